The molecule has 34 heavy (non-hydrogen) atoms. The molecule has 0 saturated heterocycles. The second kappa shape index (κ2) is 10.4. The highest BCUT2D eigenvalue weighted by atomic mass is 35.5. The van der Waals surface area contributed by atoms with Gasteiger partial charge in [-0.2, -0.15) is 13.2 Å². The number of nitrogen functional groups attached to an aromatic ring is 1. The van der Waals surface area contributed by atoms with E-state index in [-0.39, 0.29) is 46.1 Å². The summed E-state index contributed by atoms with van der Waals surface area (Å²) < 4.78 is 72.9. The Morgan fingerprint density at radius 2 is 1.91 bits per heavy atom. The number of pyridine rings is 1. The van der Waals surface area contributed by atoms with Crippen LogP contribution in [0.25, 0.3) is 11.1 Å². The third kappa shape index (κ3) is 5.81. The number of nitrogens with one attached hydrogen (secondary N) is 1. The number of hydrogen-bond donors (Lipinski definition) is 2. The topological polar surface area (TPSA) is 77.2 Å². The molecule has 0 aliphatic carbocycles. The Labute approximate surface area is 196 Å². The number of ether oxygens (including phenoxy) is 1. The first kappa shape index (κ1) is 25.4. The van der Waals surface area contributed by atoms with E-state index in [1.807, 2.05) is 0 Å². The van der Waals surface area contributed by atoms with Gasteiger partial charge in [0.05, 0.1) is 17.2 Å². The Bertz CT molecular complexity index is 1220. The Balaban J connectivity index is 1.95. The first-order valence-corrected chi connectivity index (χ1v) is 10.4. The number of nitrogens with two attached hydrogens (primary N) is 1. The molecular weight excluding hydrogens is 481 g/mol. The molecule has 0 atom stereocenters. The van der Waals surface area contributed by atoms with Crippen molar-refractivity contribution in [3.63, 3.8) is 0 Å². The molecule has 2 aromatic carbocycles. The van der Waals surface area contributed by atoms with E-state index in [0.717, 1.165) is 30.5 Å². The van der Waals surface area contributed by atoms with Gasteiger partial charge in [0.1, 0.15) is 17.3 Å². The summed E-state index contributed by atoms with van der Waals surface area (Å²) in [6, 6.07) is 6.03. The highest BCUT2D eigenvalue weighted by Gasteiger charge is 2.32. The second-order valence-corrected chi connectivity index (χ2v) is 7.58. The predicted molar refractivity (Wildman–Crippen MR) is 119 cm³/mol. The molecule has 1 amide bonds. The van der Waals surface area contributed by atoms with Gasteiger partial charge in [0, 0.05) is 35.3 Å². The van der Waals surface area contributed by atoms with Gasteiger partial charge in [-0.25, -0.2) is 8.78 Å². The van der Waals surface area contributed by atoms with Crippen LogP contribution in [0, 0.1) is 11.6 Å². The van der Waals surface area contributed by atoms with Crippen molar-refractivity contribution in [2.45, 2.75) is 19.5 Å². The molecule has 3 aromatic rings. The molecule has 1 heterocycles. The van der Waals surface area contributed by atoms with Crippen molar-refractivity contribution in [3.05, 3.63) is 76.1 Å². The van der Waals surface area contributed by atoms with Crippen LogP contribution >= 0.6 is 11.6 Å². The minimum Gasteiger partial charge on any atom is -0.398 e. The molecule has 11 heteroatoms. The molecule has 0 aliphatic rings. The summed E-state index contributed by atoms with van der Waals surface area (Å²) in [5, 5.41) is 2.06. The zero-order valence-electron chi connectivity index (χ0n) is 17.8. The number of benzene rings is 2. The number of rotatable bonds is 7. The van der Waals surface area contributed by atoms with Gasteiger partial charge in [0.15, 0.2) is 0 Å². The first-order chi connectivity index (χ1) is 16.0. The third-order valence-corrected chi connectivity index (χ3v) is 5.13. The minimum atomic E-state index is -4.71. The van der Waals surface area contributed by atoms with Crippen molar-refractivity contribution in [2.24, 2.45) is 0 Å². The van der Waals surface area contributed by atoms with Gasteiger partial charge in [-0.1, -0.05) is 11.6 Å². The molecule has 0 bridgehead atoms. The maximum absolute atomic E-state index is 15.1. The van der Waals surface area contributed by atoms with Gasteiger partial charge in [-0.3, -0.25) is 9.78 Å². The van der Waals surface area contributed by atoms with Crippen LogP contribution in [0.4, 0.5) is 33.3 Å². The van der Waals surface area contributed by atoms with Gasteiger partial charge in [-0.05, 0) is 55.3 Å². The molecule has 3 rings (SSSR count). The van der Waals surface area contributed by atoms with E-state index in [4.69, 9.17) is 22.1 Å². The van der Waals surface area contributed by atoms with Crippen molar-refractivity contribution in [1.82, 2.24) is 4.98 Å². The van der Waals surface area contributed by atoms with Crippen LogP contribution in [0.2, 0.25) is 5.02 Å². The van der Waals surface area contributed by atoms with Crippen molar-refractivity contribution >= 4 is 28.9 Å². The van der Waals surface area contributed by atoms with Crippen molar-refractivity contribution in [3.8, 4) is 11.1 Å². The molecule has 0 fully saturated rings. The molecule has 180 valence electrons. The van der Waals surface area contributed by atoms with Crippen LogP contribution in [-0.4, -0.2) is 24.1 Å². The van der Waals surface area contributed by atoms with E-state index in [9.17, 15) is 22.4 Å². The quantitative estimate of drug-likeness (QED) is 0.233. The molecule has 0 radical (unpaired) electrons. The summed E-state index contributed by atoms with van der Waals surface area (Å²) in [5.41, 5.74) is 4.73. The monoisotopic (exact) mass is 499 g/mol. The highest BCUT2D eigenvalue weighted by Crippen LogP contribution is 2.36. The van der Waals surface area contributed by atoms with E-state index in [0.29, 0.717) is 18.2 Å². The number of aromatic nitrogens is 1. The zero-order valence-corrected chi connectivity index (χ0v) is 18.5. The summed E-state index contributed by atoms with van der Waals surface area (Å²) >= 11 is 6.22. The average Bonchev–Trinajstić information content (AvgIpc) is 2.75. The second-order valence-electron chi connectivity index (χ2n) is 7.17. The molecule has 5 nitrogen and oxygen atoms in total. The van der Waals surface area contributed by atoms with E-state index in [1.54, 1.807) is 6.92 Å². The van der Waals surface area contributed by atoms with E-state index in [2.05, 4.69) is 10.3 Å². The molecule has 3 N–H and O–H groups in total. The largest absolute Gasteiger partial charge is 0.433 e. The van der Waals surface area contributed by atoms with Gasteiger partial charge < -0.3 is 15.8 Å². The Morgan fingerprint density at radius 1 is 1.18 bits per heavy atom. The van der Waals surface area contributed by atoms with Gasteiger partial charge >= 0.3 is 6.18 Å². The first-order valence-electron chi connectivity index (χ1n) is 10.0. The highest BCUT2D eigenvalue weighted by molar-refractivity contribution is 6.34. The summed E-state index contributed by atoms with van der Waals surface area (Å²) in [5.74, 6) is -2.42. The Hall–Kier alpha value is -3.24. The molecule has 0 spiro atoms. The fraction of sp³-hybridized carbons (Fsp3) is 0.217. The minimum absolute atomic E-state index is 0.0323. The van der Waals surface area contributed by atoms with Gasteiger partial charge in [-0.15, -0.1) is 0 Å². The van der Waals surface area contributed by atoms with Gasteiger partial charge in [0.25, 0.3) is 5.91 Å². The maximum atomic E-state index is 15.1. The molecule has 1 aromatic heterocycles. The summed E-state index contributed by atoms with van der Waals surface area (Å²) in [4.78, 5) is 15.8. The Kier molecular flexibility index (Phi) is 7.73. The number of amides is 1. The SMILES string of the molecule is CCOCCc1cc(F)cc(N)c1-c1cc(Cl)c(C(=O)Nc2ccnc(C(F)(F)F)c2)cc1F. The summed E-state index contributed by atoms with van der Waals surface area (Å²) in [6.45, 7) is 2.47. The number of carbonyl (C=O) groups is 1. The fourth-order valence-electron chi connectivity index (χ4n) is 3.31. The zero-order chi connectivity index (χ0) is 25.0. The number of nitrogens with zero attached hydrogens (tertiary/aromatic N) is 1. The smallest absolute Gasteiger partial charge is 0.398 e. The van der Waals surface area contributed by atoms with Crippen molar-refractivity contribution in [1.29, 1.82) is 0 Å². The standard InChI is InChI=1S/C23H19ClF5N3O2/c1-2-34-6-4-12-7-13(25)8-19(30)21(12)16-10-17(24)15(11-18(16)26)22(33)32-14-3-5-31-20(9-14)23(27,28)29/h3,5,7-11H,2,4,6,30H2,1H3,(H,31,32,33). The lowest BCUT2D eigenvalue weighted by Crippen LogP contribution is -2.15. The van der Waals surface area contributed by atoms with Crippen LogP contribution in [0.15, 0.2) is 42.6 Å². The van der Waals surface area contributed by atoms with Crippen LogP contribution in [0.5, 0.6) is 0 Å². The van der Waals surface area contributed by atoms with Crippen LogP contribution in [0.3, 0.4) is 0 Å². The van der Waals surface area contributed by atoms with Crippen LogP contribution < -0.4 is 11.1 Å². The summed E-state index contributed by atoms with van der Waals surface area (Å²) in [6.07, 6.45) is -3.58. The van der Waals surface area contributed by atoms with Crippen LogP contribution in [-0.2, 0) is 17.3 Å². The number of carbonyl (C=O) groups excluding carboxylic acids is 1. The van der Waals surface area contributed by atoms with E-state index < -0.39 is 29.4 Å². The van der Waals surface area contributed by atoms with Gasteiger partial charge in [0.2, 0.25) is 0 Å². The maximum Gasteiger partial charge on any atom is 0.433 e. The predicted octanol–water partition coefficient (Wildman–Crippen LogP) is 6.11. The normalized spacial score (nSPS) is 11.5. The lowest BCUT2D eigenvalue weighted by atomic mass is 9.94. The van der Waals surface area contributed by atoms with Crippen LogP contribution in [0.1, 0.15) is 28.5 Å². The van der Waals surface area contributed by atoms with E-state index >= 15 is 4.39 Å². The fourth-order valence-corrected chi connectivity index (χ4v) is 3.56. The van der Waals surface area contributed by atoms with Crippen molar-refractivity contribution in [2.75, 3.05) is 24.3 Å². The molecule has 0 unspecified atom stereocenters. The van der Waals surface area contributed by atoms with Crippen molar-refractivity contribution < 1.29 is 31.5 Å². The lowest BCUT2D eigenvalue weighted by molar-refractivity contribution is -0.141. The Morgan fingerprint density at radius 3 is 2.59 bits per heavy atom. The third-order valence-electron chi connectivity index (χ3n) is 4.81. The number of anilines is 2. The molecule has 0 saturated carbocycles. The van der Waals surface area contributed by atoms with E-state index in [1.165, 1.54) is 6.07 Å². The molecule has 0 aliphatic heterocycles. The number of hydrogen-bond acceptors (Lipinski definition) is 4. The number of halogens is 6. The summed E-state index contributed by atoms with van der Waals surface area (Å²) in [7, 11) is 0. The lowest BCUT2D eigenvalue weighted by Gasteiger charge is -2.16. The number of alkyl halides is 3. The average molecular weight is 500 g/mol. The molecular formula is C23H19ClF5N3O2.